The van der Waals surface area contributed by atoms with E-state index in [0.717, 1.165) is 0 Å². The number of ether oxygens (including phenoxy) is 1. The quantitative estimate of drug-likeness (QED) is 0.636. The molecule has 0 saturated heterocycles. The third kappa shape index (κ3) is 3.90. The first-order chi connectivity index (χ1) is 13.2. The fourth-order valence-corrected chi connectivity index (χ4v) is 3.52. The number of halogens is 2. The lowest BCUT2D eigenvalue weighted by Crippen LogP contribution is -2.47. The molecule has 3 unspecified atom stereocenters. The standard InChI is InChI=1S/C19H21F2N5O/c20-14-7-4-8-19(9-14,27-11-16(21)13-5-2-1-3-6-13)25-17-15-10-24-26-18(15)23-12-22-17/h1-3,5-6,10,12,14,16H,4,7-9,11H2,(H2,22,23,24,25,26). The number of H-pyrrole nitrogens is 1. The van der Waals surface area contributed by atoms with Crippen molar-refractivity contribution in [3.8, 4) is 0 Å². The topological polar surface area (TPSA) is 75.7 Å². The Labute approximate surface area is 155 Å². The Hall–Kier alpha value is -2.61. The van der Waals surface area contributed by atoms with Crippen LogP contribution in [-0.2, 0) is 4.74 Å². The van der Waals surface area contributed by atoms with Crippen LogP contribution < -0.4 is 5.32 Å². The van der Waals surface area contributed by atoms with Crippen molar-refractivity contribution in [2.24, 2.45) is 0 Å². The van der Waals surface area contributed by atoms with E-state index in [-0.39, 0.29) is 13.0 Å². The number of hydrogen-bond donors (Lipinski definition) is 2. The molecule has 1 aromatic carbocycles. The van der Waals surface area contributed by atoms with Crippen LogP contribution in [0.1, 0.15) is 37.4 Å². The number of fused-ring (bicyclic) bond motifs is 1. The first kappa shape index (κ1) is 17.8. The highest BCUT2D eigenvalue weighted by Gasteiger charge is 2.39. The number of alkyl halides is 2. The van der Waals surface area contributed by atoms with E-state index >= 15 is 0 Å². The SMILES string of the molecule is FC1CCCC(Nc2ncnc3[nH]ncc23)(OCC(F)c2ccccc2)C1. The summed E-state index contributed by atoms with van der Waals surface area (Å²) in [5.74, 6) is 0.498. The van der Waals surface area contributed by atoms with Gasteiger partial charge in [-0.2, -0.15) is 5.10 Å². The lowest BCUT2D eigenvalue weighted by atomic mass is 9.90. The molecule has 6 nitrogen and oxygen atoms in total. The van der Waals surface area contributed by atoms with Crippen LogP contribution in [0.15, 0.2) is 42.9 Å². The van der Waals surface area contributed by atoms with E-state index in [2.05, 4.69) is 25.5 Å². The second-order valence-electron chi connectivity index (χ2n) is 6.86. The molecule has 2 heterocycles. The summed E-state index contributed by atoms with van der Waals surface area (Å²) in [6.07, 6.45) is 2.53. The van der Waals surface area contributed by atoms with Crippen LogP contribution in [0, 0.1) is 0 Å². The van der Waals surface area contributed by atoms with Crippen LogP contribution in [0.2, 0.25) is 0 Å². The Bertz CT molecular complexity index is 890. The molecule has 4 rings (SSSR count). The van der Waals surface area contributed by atoms with Crippen LogP contribution in [-0.4, -0.2) is 38.7 Å². The van der Waals surface area contributed by atoms with Crippen LogP contribution >= 0.6 is 0 Å². The lowest BCUT2D eigenvalue weighted by Gasteiger charge is -2.40. The molecular weight excluding hydrogens is 352 g/mol. The number of aromatic amines is 1. The van der Waals surface area contributed by atoms with Gasteiger partial charge in [0.25, 0.3) is 0 Å². The molecule has 2 aromatic heterocycles. The van der Waals surface area contributed by atoms with E-state index in [9.17, 15) is 8.78 Å². The summed E-state index contributed by atoms with van der Waals surface area (Å²) in [7, 11) is 0. The van der Waals surface area contributed by atoms with Crippen LogP contribution in [0.4, 0.5) is 14.6 Å². The van der Waals surface area contributed by atoms with Crippen molar-refractivity contribution in [3.63, 3.8) is 0 Å². The summed E-state index contributed by atoms with van der Waals surface area (Å²) in [5, 5.41) is 10.6. The minimum Gasteiger partial charge on any atom is -0.352 e. The van der Waals surface area contributed by atoms with Gasteiger partial charge in [-0.25, -0.2) is 18.7 Å². The van der Waals surface area contributed by atoms with E-state index in [1.807, 2.05) is 6.07 Å². The summed E-state index contributed by atoms with van der Waals surface area (Å²) in [6.45, 7) is -0.163. The summed E-state index contributed by atoms with van der Waals surface area (Å²) in [6, 6.07) is 8.83. The molecule has 0 radical (unpaired) electrons. The van der Waals surface area contributed by atoms with Gasteiger partial charge in [0.15, 0.2) is 5.65 Å². The summed E-state index contributed by atoms with van der Waals surface area (Å²) in [5.41, 5.74) is 0.0949. The van der Waals surface area contributed by atoms with E-state index in [0.29, 0.717) is 41.7 Å². The average molecular weight is 373 g/mol. The summed E-state index contributed by atoms with van der Waals surface area (Å²) >= 11 is 0. The number of nitrogens with one attached hydrogen (secondary N) is 2. The van der Waals surface area contributed by atoms with Crippen molar-refractivity contribution in [1.29, 1.82) is 0 Å². The molecule has 27 heavy (non-hydrogen) atoms. The normalized spacial score (nSPS) is 24.0. The van der Waals surface area contributed by atoms with Crippen LogP contribution in [0.25, 0.3) is 11.0 Å². The van der Waals surface area contributed by atoms with Gasteiger partial charge < -0.3 is 10.1 Å². The van der Waals surface area contributed by atoms with Crippen molar-refractivity contribution >= 4 is 16.9 Å². The Balaban J connectivity index is 1.55. The molecule has 3 aromatic rings. The molecular formula is C19H21F2N5O. The summed E-state index contributed by atoms with van der Waals surface area (Å²) in [4.78, 5) is 8.35. The second kappa shape index (κ2) is 7.56. The summed E-state index contributed by atoms with van der Waals surface area (Å²) < 4.78 is 34.8. The first-order valence-corrected chi connectivity index (χ1v) is 9.04. The molecule has 1 saturated carbocycles. The minimum atomic E-state index is -1.29. The zero-order chi connectivity index (χ0) is 18.7. The molecule has 0 amide bonds. The van der Waals surface area contributed by atoms with Crippen LogP contribution in [0.5, 0.6) is 0 Å². The zero-order valence-corrected chi connectivity index (χ0v) is 14.7. The van der Waals surface area contributed by atoms with E-state index in [1.165, 1.54) is 6.33 Å². The molecule has 8 heteroatoms. The van der Waals surface area contributed by atoms with Gasteiger partial charge in [-0.05, 0) is 24.8 Å². The van der Waals surface area contributed by atoms with Crippen molar-refractivity contribution in [2.45, 2.75) is 43.8 Å². The fourth-order valence-electron chi connectivity index (χ4n) is 3.52. The monoisotopic (exact) mass is 373 g/mol. The highest BCUT2D eigenvalue weighted by Crippen LogP contribution is 2.36. The van der Waals surface area contributed by atoms with E-state index in [1.54, 1.807) is 30.5 Å². The molecule has 0 aliphatic heterocycles. The highest BCUT2D eigenvalue weighted by molar-refractivity contribution is 5.85. The molecule has 0 bridgehead atoms. The predicted molar refractivity (Wildman–Crippen MR) is 97.6 cm³/mol. The Morgan fingerprint density at radius 3 is 2.96 bits per heavy atom. The van der Waals surface area contributed by atoms with Crippen molar-refractivity contribution in [3.05, 3.63) is 48.4 Å². The molecule has 0 spiro atoms. The zero-order valence-electron chi connectivity index (χ0n) is 14.7. The molecule has 1 fully saturated rings. The maximum atomic E-state index is 14.6. The second-order valence-corrected chi connectivity index (χ2v) is 6.86. The number of nitrogens with zero attached hydrogens (tertiary/aromatic N) is 3. The molecule has 2 N–H and O–H groups in total. The van der Waals surface area contributed by atoms with Gasteiger partial charge in [0, 0.05) is 6.42 Å². The number of aromatic nitrogens is 4. The van der Waals surface area contributed by atoms with Gasteiger partial charge in [0.1, 0.15) is 30.2 Å². The predicted octanol–water partition coefficient (Wildman–Crippen LogP) is 4.10. The van der Waals surface area contributed by atoms with E-state index < -0.39 is 18.1 Å². The number of rotatable bonds is 6. The van der Waals surface area contributed by atoms with Crippen molar-refractivity contribution in [1.82, 2.24) is 20.2 Å². The molecule has 142 valence electrons. The third-order valence-electron chi connectivity index (χ3n) is 4.91. The highest BCUT2D eigenvalue weighted by atomic mass is 19.1. The average Bonchev–Trinajstić information content (AvgIpc) is 3.17. The number of benzene rings is 1. The first-order valence-electron chi connectivity index (χ1n) is 9.04. The van der Waals surface area contributed by atoms with Gasteiger partial charge in [0.05, 0.1) is 18.2 Å². The maximum absolute atomic E-state index is 14.6. The molecule has 1 aliphatic rings. The maximum Gasteiger partial charge on any atom is 0.160 e. The largest absolute Gasteiger partial charge is 0.352 e. The van der Waals surface area contributed by atoms with Crippen molar-refractivity contribution in [2.75, 3.05) is 11.9 Å². The Morgan fingerprint density at radius 1 is 1.30 bits per heavy atom. The van der Waals surface area contributed by atoms with Gasteiger partial charge in [-0.15, -0.1) is 0 Å². The van der Waals surface area contributed by atoms with Crippen molar-refractivity contribution < 1.29 is 13.5 Å². The smallest absolute Gasteiger partial charge is 0.160 e. The molecule has 3 atom stereocenters. The van der Waals surface area contributed by atoms with Gasteiger partial charge in [-0.1, -0.05) is 30.3 Å². The minimum absolute atomic E-state index is 0.137. The number of hydrogen-bond acceptors (Lipinski definition) is 5. The van der Waals surface area contributed by atoms with Gasteiger partial charge in [0.2, 0.25) is 0 Å². The number of anilines is 1. The Morgan fingerprint density at radius 2 is 2.15 bits per heavy atom. The third-order valence-corrected chi connectivity index (χ3v) is 4.91. The lowest BCUT2D eigenvalue weighted by molar-refractivity contribution is -0.0832. The fraction of sp³-hybridized carbons (Fsp3) is 0.421. The molecule has 1 aliphatic carbocycles. The van der Waals surface area contributed by atoms with Gasteiger partial charge >= 0.3 is 0 Å². The van der Waals surface area contributed by atoms with E-state index in [4.69, 9.17) is 4.74 Å². The Kier molecular flexibility index (Phi) is 4.98. The van der Waals surface area contributed by atoms with Crippen LogP contribution in [0.3, 0.4) is 0 Å². The van der Waals surface area contributed by atoms with Gasteiger partial charge in [-0.3, -0.25) is 5.10 Å².